The number of benzene rings is 1. The summed E-state index contributed by atoms with van der Waals surface area (Å²) in [6.45, 7) is 9.12. The average Bonchev–Trinajstić information content (AvgIpc) is 2.44. The van der Waals surface area contributed by atoms with Crippen LogP contribution in [0.3, 0.4) is 0 Å². The minimum Gasteiger partial charge on any atom is -0.463 e. The maximum atomic E-state index is 5.94. The van der Waals surface area contributed by atoms with Crippen molar-refractivity contribution in [1.29, 1.82) is 0 Å². The minimum absolute atomic E-state index is 0.116. The van der Waals surface area contributed by atoms with Gasteiger partial charge in [0.2, 0.25) is 5.28 Å². The maximum absolute atomic E-state index is 5.94. The van der Waals surface area contributed by atoms with Crippen LogP contribution in [0.4, 0.5) is 0 Å². The molecule has 2 aromatic rings. The van der Waals surface area contributed by atoms with Gasteiger partial charge in [-0.1, -0.05) is 52.0 Å². The highest BCUT2D eigenvalue weighted by atomic mass is 35.5. The topological polar surface area (TPSA) is 47.9 Å². The summed E-state index contributed by atoms with van der Waals surface area (Å²) < 4.78 is 5.43. The molecule has 0 aliphatic rings. The van der Waals surface area contributed by atoms with Crippen LogP contribution in [-0.2, 0) is 5.41 Å². The lowest BCUT2D eigenvalue weighted by Gasteiger charge is -2.19. The van der Waals surface area contributed by atoms with Crippen LogP contribution in [0.15, 0.2) is 24.3 Å². The molecular weight excluding hydrogens is 286 g/mol. The van der Waals surface area contributed by atoms with Crippen molar-refractivity contribution in [3.8, 4) is 17.4 Å². The quantitative estimate of drug-likeness (QED) is 0.846. The van der Waals surface area contributed by atoms with Crippen LogP contribution in [0.25, 0.3) is 11.4 Å². The number of hydrogen-bond acceptors (Lipinski definition) is 4. The zero-order valence-corrected chi connectivity index (χ0v) is 13.6. The van der Waals surface area contributed by atoms with Crippen molar-refractivity contribution in [2.24, 2.45) is 0 Å². The van der Waals surface area contributed by atoms with E-state index in [9.17, 15) is 0 Å². The molecule has 2 rings (SSSR count). The molecule has 0 fully saturated rings. The van der Waals surface area contributed by atoms with E-state index in [1.54, 1.807) is 0 Å². The molecular formula is C16H20ClN3O. The van der Waals surface area contributed by atoms with Crippen LogP contribution in [0.5, 0.6) is 6.01 Å². The van der Waals surface area contributed by atoms with Gasteiger partial charge < -0.3 is 4.74 Å². The zero-order valence-electron chi connectivity index (χ0n) is 12.9. The van der Waals surface area contributed by atoms with E-state index < -0.39 is 0 Å². The Labute approximate surface area is 130 Å². The Kier molecular flexibility index (Phi) is 4.78. The van der Waals surface area contributed by atoms with E-state index in [4.69, 9.17) is 16.3 Å². The number of halogens is 1. The predicted molar refractivity (Wildman–Crippen MR) is 84.8 cm³/mol. The zero-order chi connectivity index (χ0) is 15.5. The summed E-state index contributed by atoms with van der Waals surface area (Å²) in [7, 11) is 0. The Morgan fingerprint density at radius 3 is 2.29 bits per heavy atom. The van der Waals surface area contributed by atoms with Gasteiger partial charge in [-0.3, -0.25) is 0 Å². The van der Waals surface area contributed by atoms with Gasteiger partial charge >= 0.3 is 6.01 Å². The van der Waals surface area contributed by atoms with Crippen molar-refractivity contribution in [2.75, 3.05) is 6.61 Å². The first-order valence-corrected chi connectivity index (χ1v) is 7.43. The molecule has 0 amide bonds. The summed E-state index contributed by atoms with van der Waals surface area (Å²) in [6.07, 6.45) is 0.888. The van der Waals surface area contributed by atoms with E-state index in [0.717, 1.165) is 12.0 Å². The molecule has 4 nitrogen and oxygen atoms in total. The molecule has 5 heteroatoms. The molecule has 0 atom stereocenters. The number of hydrogen-bond donors (Lipinski definition) is 0. The van der Waals surface area contributed by atoms with Gasteiger partial charge in [0.15, 0.2) is 5.82 Å². The Morgan fingerprint density at radius 2 is 1.71 bits per heavy atom. The monoisotopic (exact) mass is 305 g/mol. The van der Waals surface area contributed by atoms with Crippen LogP contribution in [-0.4, -0.2) is 21.6 Å². The highest BCUT2D eigenvalue weighted by Gasteiger charge is 2.14. The molecule has 1 heterocycles. The Morgan fingerprint density at radius 1 is 1.05 bits per heavy atom. The van der Waals surface area contributed by atoms with E-state index >= 15 is 0 Å². The third-order valence-electron chi connectivity index (χ3n) is 3.03. The molecule has 0 unspecified atom stereocenters. The van der Waals surface area contributed by atoms with E-state index in [1.807, 2.05) is 19.1 Å². The first-order valence-electron chi connectivity index (χ1n) is 7.05. The Hall–Kier alpha value is -1.68. The Bertz CT molecular complexity index is 606. The maximum Gasteiger partial charge on any atom is 0.321 e. The number of ether oxygens (including phenoxy) is 1. The second-order valence-corrected chi connectivity index (χ2v) is 6.22. The van der Waals surface area contributed by atoms with Gasteiger partial charge in [0, 0.05) is 5.56 Å². The third-order valence-corrected chi connectivity index (χ3v) is 3.20. The van der Waals surface area contributed by atoms with E-state index in [0.29, 0.717) is 12.4 Å². The molecule has 0 aliphatic carbocycles. The van der Waals surface area contributed by atoms with Crippen molar-refractivity contribution >= 4 is 11.6 Å². The fourth-order valence-corrected chi connectivity index (χ4v) is 1.99. The van der Waals surface area contributed by atoms with Crippen molar-refractivity contribution in [1.82, 2.24) is 15.0 Å². The van der Waals surface area contributed by atoms with Crippen molar-refractivity contribution in [3.05, 3.63) is 35.1 Å². The lowest BCUT2D eigenvalue weighted by Crippen LogP contribution is -2.10. The summed E-state index contributed by atoms with van der Waals surface area (Å²) in [5, 5.41) is 0.144. The first-order chi connectivity index (χ1) is 9.90. The molecule has 21 heavy (non-hydrogen) atoms. The van der Waals surface area contributed by atoms with Crippen LogP contribution in [0, 0.1) is 0 Å². The molecule has 0 radical (unpaired) electrons. The van der Waals surface area contributed by atoms with Crippen molar-refractivity contribution in [2.45, 2.75) is 39.5 Å². The summed E-state index contributed by atoms with van der Waals surface area (Å²) in [4.78, 5) is 12.4. The molecule has 0 bridgehead atoms. The van der Waals surface area contributed by atoms with Crippen LogP contribution < -0.4 is 4.74 Å². The smallest absolute Gasteiger partial charge is 0.321 e. The van der Waals surface area contributed by atoms with Gasteiger partial charge in [-0.05, 0) is 29.0 Å². The van der Waals surface area contributed by atoms with Gasteiger partial charge in [-0.15, -0.1) is 0 Å². The average molecular weight is 306 g/mol. The van der Waals surface area contributed by atoms with Crippen LogP contribution >= 0.6 is 11.6 Å². The van der Waals surface area contributed by atoms with Gasteiger partial charge in [0.1, 0.15) is 0 Å². The number of nitrogens with zero attached hydrogens (tertiary/aromatic N) is 3. The van der Waals surface area contributed by atoms with Crippen LogP contribution in [0.2, 0.25) is 5.28 Å². The standard InChI is InChI=1S/C16H20ClN3O/c1-5-10-21-15-19-13(18-14(17)20-15)11-6-8-12(9-7-11)16(2,3)4/h6-9H,5,10H2,1-4H3. The number of rotatable bonds is 4. The first kappa shape index (κ1) is 15.7. The van der Waals surface area contributed by atoms with Gasteiger partial charge in [0.05, 0.1) is 6.61 Å². The summed E-state index contributed by atoms with van der Waals surface area (Å²) >= 11 is 5.94. The molecule has 0 saturated heterocycles. The number of aromatic nitrogens is 3. The van der Waals surface area contributed by atoms with Crippen molar-refractivity contribution in [3.63, 3.8) is 0 Å². The minimum atomic E-state index is 0.116. The fourth-order valence-electron chi connectivity index (χ4n) is 1.84. The fraction of sp³-hybridized carbons (Fsp3) is 0.438. The molecule has 0 spiro atoms. The van der Waals surface area contributed by atoms with Gasteiger partial charge in [0.25, 0.3) is 0 Å². The second-order valence-electron chi connectivity index (χ2n) is 5.89. The molecule has 0 saturated carbocycles. The van der Waals surface area contributed by atoms with E-state index in [1.165, 1.54) is 5.56 Å². The predicted octanol–water partition coefficient (Wildman–Crippen LogP) is 4.28. The lowest BCUT2D eigenvalue weighted by molar-refractivity contribution is 0.291. The molecule has 1 aromatic heterocycles. The molecule has 1 aromatic carbocycles. The SMILES string of the molecule is CCCOc1nc(Cl)nc(-c2ccc(C(C)(C)C)cc2)n1. The van der Waals surface area contributed by atoms with E-state index in [-0.39, 0.29) is 16.7 Å². The normalized spacial score (nSPS) is 11.5. The lowest BCUT2D eigenvalue weighted by atomic mass is 9.87. The van der Waals surface area contributed by atoms with Gasteiger partial charge in [-0.25, -0.2) is 0 Å². The summed E-state index contributed by atoms with van der Waals surface area (Å²) in [5.41, 5.74) is 2.27. The molecule has 0 N–H and O–H groups in total. The third kappa shape index (κ3) is 4.14. The highest BCUT2D eigenvalue weighted by Crippen LogP contribution is 2.25. The Balaban J connectivity index is 2.31. The second kappa shape index (κ2) is 6.39. The summed E-state index contributed by atoms with van der Waals surface area (Å²) in [6, 6.07) is 8.43. The highest BCUT2D eigenvalue weighted by molar-refractivity contribution is 6.28. The van der Waals surface area contributed by atoms with Crippen molar-refractivity contribution < 1.29 is 4.74 Å². The molecule has 112 valence electrons. The van der Waals surface area contributed by atoms with Gasteiger partial charge in [-0.2, -0.15) is 15.0 Å². The summed E-state index contributed by atoms with van der Waals surface area (Å²) in [5.74, 6) is 0.529. The van der Waals surface area contributed by atoms with E-state index in [2.05, 4.69) is 47.9 Å². The molecule has 0 aliphatic heterocycles. The van der Waals surface area contributed by atoms with Crippen LogP contribution in [0.1, 0.15) is 39.7 Å². The largest absolute Gasteiger partial charge is 0.463 e.